The molecule has 1 atom stereocenters. The lowest BCUT2D eigenvalue weighted by atomic mass is 10.2. The molecule has 0 aromatic heterocycles. The second-order valence-corrected chi connectivity index (χ2v) is 8.43. The smallest absolute Gasteiger partial charge is 0.267 e. The van der Waals surface area contributed by atoms with Crippen LogP contribution in [-0.4, -0.2) is 43.8 Å². The van der Waals surface area contributed by atoms with Crippen LogP contribution in [0.15, 0.2) is 30.0 Å². The molecule has 6 nitrogen and oxygen atoms in total. The van der Waals surface area contributed by atoms with Crippen LogP contribution in [-0.2, 0) is 14.6 Å². The molecule has 0 bridgehead atoms. The monoisotopic (exact) mass is 367 g/mol. The van der Waals surface area contributed by atoms with Gasteiger partial charge < -0.3 is 10.2 Å². The van der Waals surface area contributed by atoms with Gasteiger partial charge in [-0.25, -0.2) is 8.42 Å². The Morgan fingerprint density at radius 1 is 1.50 bits per heavy atom. The summed E-state index contributed by atoms with van der Waals surface area (Å²) in [7, 11) is -1.36. The van der Waals surface area contributed by atoms with Crippen LogP contribution in [0, 0.1) is 18.3 Å². The van der Waals surface area contributed by atoms with Crippen molar-refractivity contribution in [1.82, 2.24) is 4.90 Å². The number of nitrogens with zero attached hydrogens (tertiary/aromatic N) is 2. The summed E-state index contributed by atoms with van der Waals surface area (Å²) < 4.78 is 23.1. The number of hydrogen-bond acceptors (Lipinski definition) is 5. The number of hydrogen-bond donors (Lipinski definition) is 1. The zero-order valence-electron chi connectivity index (χ0n) is 13.4. The molecule has 1 aliphatic heterocycles. The highest BCUT2D eigenvalue weighted by molar-refractivity contribution is 7.91. The van der Waals surface area contributed by atoms with Crippen molar-refractivity contribution in [2.45, 2.75) is 19.4 Å². The van der Waals surface area contributed by atoms with Crippen LogP contribution < -0.4 is 5.32 Å². The Labute approximate surface area is 146 Å². The van der Waals surface area contributed by atoms with Gasteiger partial charge in [0.25, 0.3) is 5.91 Å². The molecular formula is C16H18ClN3O3S. The van der Waals surface area contributed by atoms with Crippen molar-refractivity contribution in [3.63, 3.8) is 0 Å². The van der Waals surface area contributed by atoms with Gasteiger partial charge in [0.2, 0.25) is 0 Å². The predicted molar refractivity (Wildman–Crippen MR) is 93.3 cm³/mol. The summed E-state index contributed by atoms with van der Waals surface area (Å²) in [6.45, 7) is 1.85. The average molecular weight is 368 g/mol. The Morgan fingerprint density at radius 3 is 2.75 bits per heavy atom. The lowest BCUT2D eigenvalue weighted by molar-refractivity contribution is -0.112. The largest absolute Gasteiger partial charge is 0.375 e. The number of aryl methyl sites for hydroxylation is 1. The van der Waals surface area contributed by atoms with Gasteiger partial charge in [-0.1, -0.05) is 17.7 Å². The Morgan fingerprint density at radius 2 is 2.21 bits per heavy atom. The summed E-state index contributed by atoms with van der Waals surface area (Å²) in [6, 6.07) is 6.70. The molecule has 1 amide bonds. The van der Waals surface area contributed by atoms with Crippen LogP contribution in [0.3, 0.4) is 0 Å². The third-order valence-electron chi connectivity index (χ3n) is 3.91. The lowest BCUT2D eigenvalue weighted by Crippen LogP contribution is -2.29. The number of sulfone groups is 1. The van der Waals surface area contributed by atoms with Crippen molar-refractivity contribution in [2.24, 2.45) is 0 Å². The summed E-state index contributed by atoms with van der Waals surface area (Å²) in [6.07, 6.45) is 1.87. The third kappa shape index (κ3) is 4.49. The maximum atomic E-state index is 12.2. The van der Waals surface area contributed by atoms with E-state index >= 15 is 0 Å². The van der Waals surface area contributed by atoms with Gasteiger partial charge in [0, 0.05) is 30.0 Å². The van der Waals surface area contributed by atoms with E-state index in [0.29, 0.717) is 17.1 Å². The van der Waals surface area contributed by atoms with E-state index < -0.39 is 15.7 Å². The fraction of sp³-hybridized carbons (Fsp3) is 0.375. The van der Waals surface area contributed by atoms with Gasteiger partial charge in [-0.2, -0.15) is 5.26 Å². The fourth-order valence-corrected chi connectivity index (χ4v) is 4.38. The van der Waals surface area contributed by atoms with Gasteiger partial charge in [-0.05, 0) is 31.0 Å². The van der Waals surface area contributed by atoms with Crippen molar-refractivity contribution < 1.29 is 13.2 Å². The molecule has 8 heteroatoms. The van der Waals surface area contributed by atoms with E-state index in [1.807, 2.05) is 13.0 Å². The highest BCUT2D eigenvalue weighted by Gasteiger charge is 2.30. The van der Waals surface area contributed by atoms with Gasteiger partial charge >= 0.3 is 0 Å². The summed E-state index contributed by atoms with van der Waals surface area (Å²) in [5.74, 6) is -0.398. The number of nitriles is 1. The maximum absolute atomic E-state index is 12.2. The number of rotatable bonds is 4. The summed E-state index contributed by atoms with van der Waals surface area (Å²) in [5, 5.41) is 12.3. The summed E-state index contributed by atoms with van der Waals surface area (Å²) in [4.78, 5) is 13.8. The molecule has 1 aliphatic rings. The zero-order chi connectivity index (χ0) is 17.9. The van der Waals surface area contributed by atoms with Crippen LogP contribution in [0.2, 0.25) is 5.02 Å². The van der Waals surface area contributed by atoms with Crippen molar-refractivity contribution in [1.29, 1.82) is 5.26 Å². The van der Waals surface area contributed by atoms with E-state index in [9.17, 15) is 18.5 Å². The second-order valence-electron chi connectivity index (χ2n) is 5.79. The SMILES string of the molecule is Cc1ccc(NC(=O)/C(C#N)=C\N(C)C2CCS(=O)(=O)C2)cc1Cl. The van der Waals surface area contributed by atoms with Crippen molar-refractivity contribution >= 4 is 33.0 Å². The quantitative estimate of drug-likeness (QED) is 0.650. The van der Waals surface area contributed by atoms with Gasteiger partial charge in [0.05, 0.1) is 11.5 Å². The highest BCUT2D eigenvalue weighted by atomic mass is 35.5. The zero-order valence-corrected chi connectivity index (χ0v) is 15.0. The molecule has 1 heterocycles. The molecule has 1 unspecified atom stereocenters. The number of carbonyl (C=O) groups is 1. The fourth-order valence-electron chi connectivity index (χ4n) is 2.41. The van der Waals surface area contributed by atoms with E-state index in [2.05, 4.69) is 5.32 Å². The van der Waals surface area contributed by atoms with Crippen LogP contribution in [0.4, 0.5) is 5.69 Å². The highest BCUT2D eigenvalue weighted by Crippen LogP contribution is 2.21. The van der Waals surface area contributed by atoms with Crippen molar-refractivity contribution in [3.8, 4) is 6.07 Å². The van der Waals surface area contributed by atoms with E-state index in [-0.39, 0.29) is 23.1 Å². The number of anilines is 1. The van der Waals surface area contributed by atoms with Crippen LogP contribution in [0.5, 0.6) is 0 Å². The van der Waals surface area contributed by atoms with Crippen molar-refractivity contribution in [2.75, 3.05) is 23.9 Å². The topological polar surface area (TPSA) is 90.3 Å². The van der Waals surface area contributed by atoms with Gasteiger partial charge in [0.15, 0.2) is 9.84 Å². The number of halogens is 1. The Kier molecular flexibility index (Phi) is 5.52. The molecule has 24 heavy (non-hydrogen) atoms. The van der Waals surface area contributed by atoms with E-state index in [4.69, 9.17) is 11.6 Å². The minimum absolute atomic E-state index is 0.0356. The van der Waals surface area contributed by atoms with E-state index in [0.717, 1.165) is 5.56 Å². The maximum Gasteiger partial charge on any atom is 0.267 e. The molecule has 0 radical (unpaired) electrons. The first-order valence-electron chi connectivity index (χ1n) is 7.33. The second kappa shape index (κ2) is 7.24. The summed E-state index contributed by atoms with van der Waals surface area (Å²) >= 11 is 6.01. The first kappa shape index (κ1) is 18.3. The van der Waals surface area contributed by atoms with Gasteiger partial charge in [-0.3, -0.25) is 4.79 Å². The number of carbonyl (C=O) groups excluding carboxylic acids is 1. The molecule has 1 saturated heterocycles. The Balaban J connectivity index is 2.10. The molecular weight excluding hydrogens is 350 g/mol. The average Bonchev–Trinajstić information content (AvgIpc) is 2.88. The van der Waals surface area contributed by atoms with E-state index in [1.165, 1.54) is 6.20 Å². The Bertz CT molecular complexity index is 827. The summed E-state index contributed by atoms with van der Waals surface area (Å²) in [5.41, 5.74) is 1.27. The molecule has 2 rings (SSSR count). The molecule has 1 aromatic carbocycles. The number of nitrogens with one attached hydrogen (secondary N) is 1. The third-order valence-corrected chi connectivity index (χ3v) is 6.07. The van der Waals surface area contributed by atoms with E-state index in [1.54, 1.807) is 30.1 Å². The molecule has 0 aliphatic carbocycles. The normalized spacial score (nSPS) is 19.6. The van der Waals surface area contributed by atoms with Crippen LogP contribution >= 0.6 is 11.6 Å². The minimum Gasteiger partial charge on any atom is -0.375 e. The van der Waals surface area contributed by atoms with Gasteiger partial charge in [0.1, 0.15) is 11.6 Å². The lowest BCUT2D eigenvalue weighted by Gasteiger charge is -2.21. The molecule has 0 spiro atoms. The first-order valence-corrected chi connectivity index (χ1v) is 9.53. The molecule has 128 valence electrons. The Hall–Kier alpha value is -2.04. The number of benzene rings is 1. The van der Waals surface area contributed by atoms with Crippen LogP contribution in [0.1, 0.15) is 12.0 Å². The minimum atomic E-state index is -3.03. The van der Waals surface area contributed by atoms with Crippen LogP contribution in [0.25, 0.3) is 0 Å². The number of amides is 1. The predicted octanol–water partition coefficient (Wildman–Crippen LogP) is 2.11. The first-order chi connectivity index (χ1) is 11.2. The molecule has 1 aromatic rings. The standard InChI is InChI=1S/C16H18ClN3O3S/c1-11-3-4-13(7-15(11)17)19-16(21)12(8-18)9-20(2)14-5-6-24(22,23)10-14/h3-4,7,9,14H,5-6,10H2,1-2H3,(H,19,21)/b12-9-. The van der Waals surface area contributed by atoms with Gasteiger partial charge in [-0.15, -0.1) is 0 Å². The van der Waals surface area contributed by atoms with Crippen molar-refractivity contribution in [3.05, 3.63) is 40.6 Å². The molecule has 0 saturated carbocycles. The molecule has 1 N–H and O–H groups in total. The molecule has 1 fully saturated rings.